The Bertz CT molecular complexity index is 953. The van der Waals surface area contributed by atoms with Gasteiger partial charge in [-0.05, 0) is 28.8 Å². The van der Waals surface area contributed by atoms with Crippen molar-refractivity contribution in [3.05, 3.63) is 72.3 Å². The molecule has 1 aromatic carbocycles. The van der Waals surface area contributed by atoms with Crippen LogP contribution in [0.25, 0.3) is 11.1 Å². The molecule has 2 aromatic heterocycles. The number of carbonyl (C=O) groups excluding carboxylic acids is 1. The lowest BCUT2D eigenvalue weighted by Gasteiger charge is -2.08. The fraction of sp³-hybridized carbons (Fsp3) is 0.105. The molecule has 3 rings (SSSR count). The quantitative estimate of drug-likeness (QED) is 0.378. The molecule has 0 aliphatic rings. The minimum atomic E-state index is -0.585. The number of carbonyl (C=O) groups is 1. The summed E-state index contributed by atoms with van der Waals surface area (Å²) in [7, 11) is 0. The molecule has 0 radical (unpaired) electrons. The highest BCUT2D eigenvalue weighted by molar-refractivity contribution is 5.90. The van der Waals surface area contributed by atoms with Gasteiger partial charge in [0.15, 0.2) is 5.96 Å². The number of aromatic nitrogens is 3. The van der Waals surface area contributed by atoms with Crippen LogP contribution in [-0.2, 0) is 13.1 Å². The average Bonchev–Trinajstić information content (AvgIpc) is 2.72. The molecule has 2 amide bonds. The summed E-state index contributed by atoms with van der Waals surface area (Å²) in [6.07, 6.45) is 7.01. The molecule has 0 fully saturated rings. The number of benzene rings is 1. The van der Waals surface area contributed by atoms with Crippen molar-refractivity contribution in [2.75, 3.05) is 5.32 Å². The van der Waals surface area contributed by atoms with E-state index in [2.05, 4.69) is 30.6 Å². The van der Waals surface area contributed by atoms with Crippen LogP contribution >= 0.6 is 0 Å². The summed E-state index contributed by atoms with van der Waals surface area (Å²) >= 11 is 0. The Morgan fingerprint density at radius 1 is 0.964 bits per heavy atom. The van der Waals surface area contributed by atoms with E-state index >= 15 is 0 Å². The Hall–Kier alpha value is -4.01. The van der Waals surface area contributed by atoms with Crippen molar-refractivity contribution in [2.45, 2.75) is 13.1 Å². The van der Waals surface area contributed by atoms with Crippen molar-refractivity contribution in [2.24, 2.45) is 16.5 Å². The van der Waals surface area contributed by atoms with Crippen LogP contribution in [0.15, 0.2) is 66.2 Å². The Balaban J connectivity index is 1.62. The van der Waals surface area contributed by atoms with Gasteiger partial charge in [0, 0.05) is 43.4 Å². The van der Waals surface area contributed by atoms with Gasteiger partial charge >= 0.3 is 6.03 Å². The fourth-order valence-electron chi connectivity index (χ4n) is 2.45. The summed E-state index contributed by atoms with van der Waals surface area (Å²) in [5.74, 6) is 0.258. The maximum Gasteiger partial charge on any atom is 0.344 e. The summed E-state index contributed by atoms with van der Waals surface area (Å²) in [5, 5.41) is 5.77. The van der Waals surface area contributed by atoms with Crippen molar-refractivity contribution in [1.29, 1.82) is 0 Å². The highest BCUT2D eigenvalue weighted by Crippen LogP contribution is 2.19. The molecule has 3 aromatic rings. The molecule has 0 saturated heterocycles. The normalized spacial score (nSPS) is 10.1. The molecular formula is C19H20N8O. The predicted molar refractivity (Wildman–Crippen MR) is 107 cm³/mol. The van der Waals surface area contributed by atoms with Gasteiger partial charge in [-0.2, -0.15) is 4.99 Å². The molecule has 0 atom stereocenters. The number of hydrogen-bond donors (Lipinski definition) is 4. The highest BCUT2D eigenvalue weighted by Gasteiger charge is 2.04. The number of nitrogens with one attached hydrogen (secondary N) is 2. The molecule has 9 heteroatoms. The van der Waals surface area contributed by atoms with Crippen molar-refractivity contribution >= 4 is 17.9 Å². The van der Waals surface area contributed by atoms with Crippen molar-refractivity contribution in [3.8, 4) is 11.1 Å². The summed E-state index contributed by atoms with van der Waals surface area (Å²) in [6, 6.07) is 11.0. The molecule has 0 bridgehead atoms. The first-order valence-electron chi connectivity index (χ1n) is 8.52. The van der Waals surface area contributed by atoms with Gasteiger partial charge in [-0.1, -0.05) is 24.3 Å². The van der Waals surface area contributed by atoms with Gasteiger partial charge in [0.05, 0.1) is 0 Å². The van der Waals surface area contributed by atoms with Gasteiger partial charge in [0.2, 0.25) is 5.95 Å². The summed E-state index contributed by atoms with van der Waals surface area (Å²) in [5.41, 5.74) is 14.1. The molecule has 0 unspecified atom stereocenters. The van der Waals surface area contributed by atoms with Crippen LogP contribution in [0.2, 0.25) is 0 Å². The lowest BCUT2D eigenvalue weighted by Crippen LogP contribution is -2.28. The number of guanidine groups is 1. The summed E-state index contributed by atoms with van der Waals surface area (Å²) < 4.78 is 0. The van der Waals surface area contributed by atoms with Crippen LogP contribution < -0.4 is 22.1 Å². The molecule has 0 aliphatic carbocycles. The topological polar surface area (TPSA) is 144 Å². The van der Waals surface area contributed by atoms with Gasteiger partial charge in [-0.15, -0.1) is 0 Å². The van der Waals surface area contributed by atoms with E-state index in [4.69, 9.17) is 11.5 Å². The number of pyridine rings is 1. The van der Waals surface area contributed by atoms with Crippen LogP contribution in [0.1, 0.15) is 11.1 Å². The third kappa shape index (κ3) is 5.49. The monoisotopic (exact) mass is 376 g/mol. The molecule has 142 valence electrons. The van der Waals surface area contributed by atoms with Crippen molar-refractivity contribution < 1.29 is 4.79 Å². The smallest absolute Gasteiger partial charge is 0.344 e. The van der Waals surface area contributed by atoms with E-state index in [1.807, 2.05) is 36.4 Å². The fourth-order valence-corrected chi connectivity index (χ4v) is 2.45. The molecule has 0 aliphatic heterocycles. The maximum atomic E-state index is 11.5. The number of urea groups is 1. The van der Waals surface area contributed by atoms with Crippen LogP contribution in [0.5, 0.6) is 0 Å². The van der Waals surface area contributed by atoms with E-state index in [1.165, 1.54) is 0 Å². The Morgan fingerprint density at radius 3 is 2.46 bits per heavy atom. The standard InChI is InChI=1S/C19H20N8O/c20-17(21)27-19(28)26-9-13-3-1-5-15(7-13)16-11-24-18(25-12-16)23-10-14-4-2-6-22-8-14/h1-8,11-12H,9-10H2,(H,23,24,25)(H5,20,21,26,27,28). The highest BCUT2D eigenvalue weighted by atomic mass is 16.2. The van der Waals surface area contributed by atoms with E-state index < -0.39 is 6.03 Å². The zero-order chi connectivity index (χ0) is 19.8. The Kier molecular flexibility index (Phi) is 6.09. The molecule has 2 heterocycles. The molecule has 6 N–H and O–H groups in total. The van der Waals surface area contributed by atoms with Gasteiger partial charge in [-0.3, -0.25) is 4.98 Å². The number of amides is 2. The minimum absolute atomic E-state index is 0.277. The van der Waals surface area contributed by atoms with E-state index in [9.17, 15) is 4.79 Å². The van der Waals surface area contributed by atoms with Gasteiger partial charge < -0.3 is 22.1 Å². The number of nitrogens with two attached hydrogens (primary N) is 2. The molecule has 28 heavy (non-hydrogen) atoms. The first-order valence-corrected chi connectivity index (χ1v) is 8.52. The number of rotatable bonds is 6. The summed E-state index contributed by atoms with van der Waals surface area (Å²) in [4.78, 5) is 27.7. The van der Waals surface area contributed by atoms with E-state index in [1.54, 1.807) is 24.8 Å². The Labute approximate surface area is 162 Å². The van der Waals surface area contributed by atoms with E-state index in [0.29, 0.717) is 19.0 Å². The number of anilines is 1. The zero-order valence-electron chi connectivity index (χ0n) is 15.0. The lowest BCUT2D eigenvalue weighted by molar-refractivity contribution is 0.249. The predicted octanol–water partition coefficient (Wildman–Crippen LogP) is 1.63. The molecule has 9 nitrogen and oxygen atoms in total. The molecule has 0 spiro atoms. The van der Waals surface area contributed by atoms with Gasteiger partial charge in [-0.25, -0.2) is 14.8 Å². The lowest BCUT2D eigenvalue weighted by atomic mass is 10.1. The van der Waals surface area contributed by atoms with Crippen molar-refractivity contribution in [3.63, 3.8) is 0 Å². The van der Waals surface area contributed by atoms with Crippen LogP contribution in [0.3, 0.4) is 0 Å². The van der Waals surface area contributed by atoms with Crippen LogP contribution in [0.4, 0.5) is 10.7 Å². The van der Waals surface area contributed by atoms with Crippen molar-refractivity contribution in [1.82, 2.24) is 20.3 Å². The van der Waals surface area contributed by atoms with Gasteiger partial charge in [0.1, 0.15) is 0 Å². The van der Waals surface area contributed by atoms with E-state index in [0.717, 1.165) is 22.3 Å². The molecule has 0 saturated carbocycles. The van der Waals surface area contributed by atoms with Crippen LogP contribution in [0, 0.1) is 0 Å². The van der Waals surface area contributed by atoms with E-state index in [-0.39, 0.29) is 5.96 Å². The minimum Gasteiger partial charge on any atom is -0.370 e. The zero-order valence-corrected chi connectivity index (χ0v) is 15.0. The SMILES string of the molecule is NC(N)=NC(=O)NCc1cccc(-c2cnc(NCc3cccnc3)nc2)c1. The number of nitrogens with zero attached hydrogens (tertiary/aromatic N) is 4. The maximum absolute atomic E-state index is 11.5. The Morgan fingerprint density at radius 2 is 1.75 bits per heavy atom. The third-order valence-electron chi connectivity index (χ3n) is 3.76. The summed E-state index contributed by atoms with van der Waals surface area (Å²) in [6.45, 7) is 0.896. The third-order valence-corrected chi connectivity index (χ3v) is 3.76. The first-order chi connectivity index (χ1) is 13.6. The van der Waals surface area contributed by atoms with Gasteiger partial charge in [0.25, 0.3) is 0 Å². The first kappa shape index (κ1) is 18.8. The second-order valence-corrected chi connectivity index (χ2v) is 5.91. The largest absolute Gasteiger partial charge is 0.370 e. The van der Waals surface area contributed by atoms with Crippen LogP contribution in [-0.4, -0.2) is 26.9 Å². The number of hydrogen-bond acceptors (Lipinski definition) is 5. The second kappa shape index (κ2) is 9.08. The average molecular weight is 376 g/mol. The second-order valence-electron chi connectivity index (χ2n) is 5.91. The number of aliphatic imine (C=N–C) groups is 1. The molecular weight excluding hydrogens is 356 g/mol.